The van der Waals surface area contributed by atoms with Crippen molar-refractivity contribution in [3.63, 3.8) is 0 Å². The first-order valence-corrected chi connectivity index (χ1v) is 6.76. The molecule has 2 aromatic heterocycles. The lowest BCUT2D eigenvalue weighted by atomic mass is 10.1. The number of nitrogens with one attached hydrogen (secondary N) is 1. The van der Waals surface area contributed by atoms with Crippen molar-refractivity contribution < 1.29 is 0 Å². The molecule has 0 bridgehead atoms. The topological polar surface area (TPSA) is 50.7 Å². The van der Waals surface area contributed by atoms with Crippen LogP contribution in [0.1, 0.15) is 38.5 Å². The summed E-state index contributed by atoms with van der Waals surface area (Å²) in [7, 11) is 0. The lowest BCUT2D eigenvalue weighted by Gasteiger charge is -2.17. The molecule has 2 heterocycles. The zero-order chi connectivity index (χ0) is 12.2. The first-order valence-electron chi connectivity index (χ1n) is 6.76. The van der Waals surface area contributed by atoms with Crippen molar-refractivity contribution in [3.05, 3.63) is 24.7 Å². The predicted octanol–water partition coefficient (Wildman–Crippen LogP) is 3.16. The van der Waals surface area contributed by atoms with Crippen LogP contribution in [0.5, 0.6) is 0 Å². The molecule has 0 amide bonds. The van der Waals surface area contributed by atoms with E-state index in [1.54, 1.807) is 12.5 Å². The number of aromatic nitrogens is 3. The second kappa shape index (κ2) is 5.29. The second-order valence-corrected chi connectivity index (χ2v) is 4.93. The molecule has 0 saturated heterocycles. The molecular weight excluding hydrogens is 224 g/mol. The normalized spacial score (nSPS) is 17.6. The molecule has 1 fully saturated rings. The maximum atomic E-state index is 4.37. The second-order valence-electron chi connectivity index (χ2n) is 4.93. The summed E-state index contributed by atoms with van der Waals surface area (Å²) in [6.45, 7) is 0. The van der Waals surface area contributed by atoms with Crippen molar-refractivity contribution in [2.45, 2.75) is 44.6 Å². The molecule has 2 aromatic rings. The molecule has 0 atom stereocenters. The molecule has 94 valence electrons. The molecular formula is C14H18N4. The van der Waals surface area contributed by atoms with E-state index >= 15 is 0 Å². The lowest BCUT2D eigenvalue weighted by Crippen LogP contribution is -2.19. The molecule has 1 saturated carbocycles. The Morgan fingerprint density at radius 3 is 2.67 bits per heavy atom. The zero-order valence-electron chi connectivity index (χ0n) is 10.5. The minimum atomic E-state index is 0.547. The van der Waals surface area contributed by atoms with Crippen LogP contribution < -0.4 is 5.32 Å². The van der Waals surface area contributed by atoms with Crippen LogP contribution in [-0.4, -0.2) is 21.0 Å². The largest absolute Gasteiger partial charge is 0.367 e. The highest BCUT2D eigenvalue weighted by Gasteiger charge is 2.13. The van der Waals surface area contributed by atoms with Crippen LogP contribution in [0.2, 0.25) is 0 Å². The first kappa shape index (κ1) is 11.4. The fraction of sp³-hybridized carbons (Fsp3) is 0.500. The summed E-state index contributed by atoms with van der Waals surface area (Å²) in [5.41, 5.74) is 0.767. The zero-order valence-corrected chi connectivity index (χ0v) is 10.5. The van der Waals surface area contributed by atoms with Crippen molar-refractivity contribution in [2.75, 3.05) is 5.32 Å². The van der Waals surface area contributed by atoms with E-state index in [-0.39, 0.29) is 0 Å². The van der Waals surface area contributed by atoms with E-state index in [0.29, 0.717) is 6.04 Å². The quantitative estimate of drug-likeness (QED) is 0.822. The van der Waals surface area contributed by atoms with Gasteiger partial charge < -0.3 is 5.32 Å². The summed E-state index contributed by atoms with van der Waals surface area (Å²) in [5.74, 6) is 0.931. The number of fused-ring (bicyclic) bond motifs is 1. The van der Waals surface area contributed by atoms with E-state index < -0.39 is 0 Å². The Morgan fingerprint density at radius 2 is 1.83 bits per heavy atom. The summed E-state index contributed by atoms with van der Waals surface area (Å²) < 4.78 is 0. The molecule has 1 aliphatic rings. The van der Waals surface area contributed by atoms with Gasteiger partial charge in [-0.1, -0.05) is 25.7 Å². The highest BCUT2D eigenvalue weighted by molar-refractivity contribution is 5.85. The van der Waals surface area contributed by atoms with Crippen LogP contribution in [0.25, 0.3) is 11.0 Å². The Bertz CT molecular complexity index is 513. The maximum absolute atomic E-state index is 4.37. The number of pyridine rings is 1. The molecule has 1 N–H and O–H groups in total. The van der Waals surface area contributed by atoms with E-state index in [0.717, 1.165) is 16.9 Å². The summed E-state index contributed by atoms with van der Waals surface area (Å²) in [5, 5.41) is 4.59. The molecule has 4 heteroatoms. The Hall–Kier alpha value is -1.71. The summed E-state index contributed by atoms with van der Waals surface area (Å²) in [6, 6.07) is 4.51. The molecule has 4 nitrogen and oxygen atoms in total. The molecule has 1 aliphatic carbocycles. The minimum Gasteiger partial charge on any atom is -0.367 e. The maximum Gasteiger partial charge on any atom is 0.164 e. The summed E-state index contributed by atoms with van der Waals surface area (Å²) in [6.07, 6.45) is 11.2. The third-order valence-corrected chi connectivity index (χ3v) is 3.60. The Morgan fingerprint density at radius 1 is 1.00 bits per heavy atom. The van der Waals surface area contributed by atoms with Crippen LogP contribution >= 0.6 is 0 Å². The predicted molar refractivity (Wildman–Crippen MR) is 72.4 cm³/mol. The molecule has 0 radical (unpaired) electrons. The number of hydrogen-bond donors (Lipinski definition) is 1. The van der Waals surface area contributed by atoms with Gasteiger partial charge in [0.1, 0.15) is 12.1 Å². The van der Waals surface area contributed by atoms with E-state index in [4.69, 9.17) is 0 Å². The fourth-order valence-electron chi connectivity index (χ4n) is 2.63. The Labute approximate surface area is 107 Å². The van der Waals surface area contributed by atoms with Crippen molar-refractivity contribution in [3.8, 4) is 0 Å². The lowest BCUT2D eigenvalue weighted by molar-refractivity contribution is 0.618. The third-order valence-electron chi connectivity index (χ3n) is 3.60. The fourth-order valence-corrected chi connectivity index (χ4v) is 2.63. The van der Waals surface area contributed by atoms with E-state index in [2.05, 4.69) is 20.3 Å². The number of nitrogens with zero attached hydrogens (tertiary/aromatic N) is 3. The first-order chi connectivity index (χ1) is 8.93. The smallest absolute Gasteiger partial charge is 0.164 e. The van der Waals surface area contributed by atoms with Crippen LogP contribution in [0.3, 0.4) is 0 Å². The van der Waals surface area contributed by atoms with Crippen LogP contribution in [-0.2, 0) is 0 Å². The van der Waals surface area contributed by atoms with Crippen molar-refractivity contribution >= 4 is 16.9 Å². The van der Waals surface area contributed by atoms with Gasteiger partial charge in [-0.2, -0.15) is 0 Å². The van der Waals surface area contributed by atoms with Gasteiger partial charge in [-0.25, -0.2) is 15.0 Å². The van der Waals surface area contributed by atoms with Gasteiger partial charge in [0.15, 0.2) is 5.65 Å². The van der Waals surface area contributed by atoms with E-state index in [1.165, 1.54) is 38.5 Å². The molecule has 0 unspecified atom stereocenters. The number of anilines is 1. The monoisotopic (exact) mass is 242 g/mol. The average Bonchev–Trinajstić information content (AvgIpc) is 2.68. The average molecular weight is 242 g/mol. The Balaban J connectivity index is 1.85. The van der Waals surface area contributed by atoms with Crippen LogP contribution in [0.15, 0.2) is 24.7 Å². The summed E-state index contributed by atoms with van der Waals surface area (Å²) in [4.78, 5) is 12.8. The highest BCUT2D eigenvalue weighted by Crippen LogP contribution is 2.23. The molecule has 0 spiro atoms. The van der Waals surface area contributed by atoms with Gasteiger partial charge in [0, 0.05) is 12.2 Å². The van der Waals surface area contributed by atoms with Crippen LogP contribution in [0.4, 0.5) is 5.82 Å². The van der Waals surface area contributed by atoms with Crippen LogP contribution in [0, 0.1) is 0 Å². The van der Waals surface area contributed by atoms with Crippen molar-refractivity contribution in [1.29, 1.82) is 0 Å². The molecule has 3 rings (SSSR count). The van der Waals surface area contributed by atoms with Gasteiger partial charge in [-0.05, 0) is 25.0 Å². The molecule has 18 heavy (non-hydrogen) atoms. The molecule has 0 aliphatic heterocycles. The van der Waals surface area contributed by atoms with Gasteiger partial charge in [0.05, 0.1) is 5.39 Å². The molecule has 0 aromatic carbocycles. The van der Waals surface area contributed by atoms with Crippen molar-refractivity contribution in [1.82, 2.24) is 15.0 Å². The highest BCUT2D eigenvalue weighted by atomic mass is 15.0. The van der Waals surface area contributed by atoms with E-state index in [9.17, 15) is 0 Å². The standard InChI is InChI=1S/C14H18N4/c1-2-4-7-11(6-3-1)18-14-12-8-5-9-15-13(12)16-10-17-14/h5,8-11H,1-4,6-7H2,(H,15,16,17,18). The minimum absolute atomic E-state index is 0.547. The van der Waals surface area contributed by atoms with Crippen molar-refractivity contribution in [2.24, 2.45) is 0 Å². The van der Waals surface area contributed by atoms with Gasteiger partial charge in [0.25, 0.3) is 0 Å². The van der Waals surface area contributed by atoms with Gasteiger partial charge in [-0.3, -0.25) is 0 Å². The Kier molecular flexibility index (Phi) is 3.35. The number of rotatable bonds is 2. The van der Waals surface area contributed by atoms with E-state index in [1.807, 2.05) is 12.1 Å². The van der Waals surface area contributed by atoms with Gasteiger partial charge in [-0.15, -0.1) is 0 Å². The van der Waals surface area contributed by atoms with Gasteiger partial charge >= 0.3 is 0 Å². The summed E-state index contributed by atoms with van der Waals surface area (Å²) >= 11 is 0. The third kappa shape index (κ3) is 2.42. The SMILES string of the molecule is c1cnc2ncnc(NC3CCCCCC3)c2c1. The number of hydrogen-bond acceptors (Lipinski definition) is 4. The van der Waals surface area contributed by atoms with Gasteiger partial charge in [0.2, 0.25) is 0 Å².